The highest BCUT2D eigenvalue weighted by atomic mass is 35.5. The molecule has 0 saturated carbocycles. The quantitative estimate of drug-likeness (QED) is 0.933. The number of hydrogen-bond donors (Lipinski definition) is 1. The predicted molar refractivity (Wildman–Crippen MR) is 84.2 cm³/mol. The van der Waals surface area contributed by atoms with Gasteiger partial charge in [0.25, 0.3) is 0 Å². The normalized spacial score (nSPS) is 12.7. The van der Waals surface area contributed by atoms with E-state index in [0.29, 0.717) is 6.42 Å². The molecule has 3 nitrogen and oxygen atoms in total. The van der Waals surface area contributed by atoms with E-state index in [1.807, 2.05) is 11.6 Å². The van der Waals surface area contributed by atoms with Crippen LogP contribution in [0.3, 0.4) is 0 Å². The highest BCUT2D eigenvalue weighted by Gasteiger charge is 2.18. The number of hydrogen-bond acceptors (Lipinski definition) is 2. The van der Waals surface area contributed by atoms with Crippen molar-refractivity contribution in [1.29, 1.82) is 0 Å². The van der Waals surface area contributed by atoms with E-state index in [1.54, 1.807) is 0 Å². The lowest BCUT2D eigenvalue weighted by molar-refractivity contribution is 0.585. The summed E-state index contributed by atoms with van der Waals surface area (Å²) in [4.78, 5) is 0. The lowest BCUT2D eigenvalue weighted by atomic mass is 9.94. The van der Waals surface area contributed by atoms with Gasteiger partial charge in [0.15, 0.2) is 0 Å². The lowest BCUT2D eigenvalue weighted by Gasteiger charge is -2.18. The maximum atomic E-state index is 6.43. The van der Waals surface area contributed by atoms with Gasteiger partial charge in [0.05, 0.1) is 16.4 Å². The molecule has 0 amide bonds. The van der Waals surface area contributed by atoms with Crippen LogP contribution in [0.2, 0.25) is 5.02 Å². The van der Waals surface area contributed by atoms with Gasteiger partial charge in [-0.1, -0.05) is 29.8 Å². The molecule has 1 unspecified atom stereocenters. The van der Waals surface area contributed by atoms with E-state index in [4.69, 9.17) is 17.3 Å². The predicted octanol–water partition coefficient (Wildman–Crippen LogP) is 3.72. The van der Waals surface area contributed by atoms with Gasteiger partial charge >= 0.3 is 0 Å². The van der Waals surface area contributed by atoms with E-state index < -0.39 is 0 Å². The van der Waals surface area contributed by atoms with Crippen molar-refractivity contribution >= 4 is 11.6 Å². The van der Waals surface area contributed by atoms with E-state index in [2.05, 4.69) is 44.1 Å². The number of benzene rings is 1. The SMILES string of the molecule is CCn1nc(C)c(Cl)c1CC(N)c1c(C)cccc1C. The number of aryl methyl sites for hydroxylation is 4. The molecule has 20 heavy (non-hydrogen) atoms. The maximum absolute atomic E-state index is 6.43. The number of aromatic nitrogens is 2. The van der Waals surface area contributed by atoms with Crippen molar-refractivity contribution in [3.8, 4) is 0 Å². The molecular formula is C16H22ClN3. The Bertz CT molecular complexity index is 596. The highest BCUT2D eigenvalue weighted by Crippen LogP contribution is 2.27. The summed E-state index contributed by atoms with van der Waals surface area (Å²) in [5.41, 5.74) is 12.0. The number of halogens is 1. The zero-order chi connectivity index (χ0) is 14.9. The van der Waals surface area contributed by atoms with Crippen molar-refractivity contribution in [2.24, 2.45) is 5.73 Å². The largest absolute Gasteiger partial charge is 0.324 e. The van der Waals surface area contributed by atoms with Crippen LogP contribution >= 0.6 is 11.6 Å². The first-order valence-corrected chi connectivity index (χ1v) is 7.37. The molecule has 0 bridgehead atoms. The van der Waals surface area contributed by atoms with Crippen molar-refractivity contribution in [3.63, 3.8) is 0 Å². The van der Waals surface area contributed by atoms with Gasteiger partial charge in [0, 0.05) is 19.0 Å². The van der Waals surface area contributed by atoms with Crippen LogP contribution in [-0.4, -0.2) is 9.78 Å². The fourth-order valence-electron chi connectivity index (χ4n) is 2.79. The molecule has 0 spiro atoms. The van der Waals surface area contributed by atoms with Gasteiger partial charge in [-0.25, -0.2) is 0 Å². The van der Waals surface area contributed by atoms with Crippen LogP contribution in [0.15, 0.2) is 18.2 Å². The number of nitrogens with two attached hydrogens (primary N) is 1. The summed E-state index contributed by atoms with van der Waals surface area (Å²) in [5, 5.41) is 5.19. The van der Waals surface area contributed by atoms with E-state index in [1.165, 1.54) is 16.7 Å². The van der Waals surface area contributed by atoms with Gasteiger partial charge < -0.3 is 5.73 Å². The summed E-state index contributed by atoms with van der Waals surface area (Å²) >= 11 is 6.36. The molecular weight excluding hydrogens is 270 g/mol. The standard InChI is InChI=1S/C16H22ClN3/c1-5-20-14(16(17)12(4)19-20)9-13(18)15-10(2)7-6-8-11(15)3/h6-8,13H,5,9,18H2,1-4H3. The Morgan fingerprint density at radius 3 is 2.40 bits per heavy atom. The molecule has 1 aromatic carbocycles. The fraction of sp³-hybridized carbons (Fsp3) is 0.438. The Hall–Kier alpha value is -1.32. The second kappa shape index (κ2) is 5.98. The Kier molecular flexibility index (Phi) is 4.51. The smallest absolute Gasteiger partial charge is 0.0847 e. The van der Waals surface area contributed by atoms with Crippen LogP contribution in [0.4, 0.5) is 0 Å². The summed E-state index contributed by atoms with van der Waals surface area (Å²) in [5.74, 6) is 0. The van der Waals surface area contributed by atoms with Crippen LogP contribution in [0.1, 0.15) is 41.0 Å². The van der Waals surface area contributed by atoms with Crippen molar-refractivity contribution < 1.29 is 0 Å². The zero-order valence-corrected chi connectivity index (χ0v) is 13.3. The van der Waals surface area contributed by atoms with Gasteiger partial charge in [-0.3, -0.25) is 4.68 Å². The summed E-state index contributed by atoms with van der Waals surface area (Å²) in [6, 6.07) is 6.21. The van der Waals surface area contributed by atoms with E-state index in [0.717, 1.165) is 23.0 Å². The molecule has 4 heteroatoms. The van der Waals surface area contributed by atoms with Crippen molar-refractivity contribution in [1.82, 2.24) is 9.78 Å². The monoisotopic (exact) mass is 291 g/mol. The van der Waals surface area contributed by atoms with Gasteiger partial charge in [0.1, 0.15) is 0 Å². The first-order chi connectivity index (χ1) is 9.45. The third kappa shape index (κ3) is 2.74. The van der Waals surface area contributed by atoms with Crippen LogP contribution < -0.4 is 5.73 Å². The third-order valence-corrected chi connectivity index (χ3v) is 4.27. The maximum Gasteiger partial charge on any atom is 0.0847 e. The molecule has 2 aromatic rings. The first-order valence-electron chi connectivity index (χ1n) is 6.99. The molecule has 1 aromatic heterocycles. The molecule has 1 heterocycles. The second-order valence-corrected chi connectivity index (χ2v) is 5.66. The van der Waals surface area contributed by atoms with Crippen molar-refractivity contribution in [2.45, 2.75) is 46.7 Å². The minimum atomic E-state index is -0.0601. The molecule has 0 aliphatic rings. The average Bonchev–Trinajstić information content (AvgIpc) is 2.66. The van der Waals surface area contributed by atoms with Gasteiger partial charge in [-0.15, -0.1) is 0 Å². The molecule has 1 atom stereocenters. The molecule has 0 saturated heterocycles. The second-order valence-electron chi connectivity index (χ2n) is 5.28. The number of nitrogens with zero attached hydrogens (tertiary/aromatic N) is 2. The van der Waals surface area contributed by atoms with Crippen LogP contribution in [0, 0.1) is 20.8 Å². The average molecular weight is 292 g/mol. The minimum Gasteiger partial charge on any atom is -0.324 e. The summed E-state index contributed by atoms with van der Waals surface area (Å²) in [6.45, 7) is 9.01. The number of rotatable bonds is 4. The van der Waals surface area contributed by atoms with Crippen LogP contribution in [-0.2, 0) is 13.0 Å². The topological polar surface area (TPSA) is 43.8 Å². The fourth-order valence-corrected chi connectivity index (χ4v) is 3.00. The van der Waals surface area contributed by atoms with Gasteiger partial charge in [-0.05, 0) is 44.4 Å². The summed E-state index contributed by atoms with van der Waals surface area (Å²) in [7, 11) is 0. The van der Waals surface area contributed by atoms with E-state index in [-0.39, 0.29) is 6.04 Å². The molecule has 2 rings (SSSR count). The Labute approximate surface area is 125 Å². The molecule has 0 aliphatic carbocycles. The zero-order valence-electron chi connectivity index (χ0n) is 12.6. The highest BCUT2D eigenvalue weighted by molar-refractivity contribution is 6.31. The molecule has 0 fully saturated rings. The Morgan fingerprint density at radius 1 is 1.25 bits per heavy atom. The van der Waals surface area contributed by atoms with E-state index >= 15 is 0 Å². The van der Waals surface area contributed by atoms with Gasteiger partial charge in [-0.2, -0.15) is 5.10 Å². The Balaban J connectivity index is 2.35. The van der Waals surface area contributed by atoms with Crippen molar-refractivity contribution in [2.75, 3.05) is 0 Å². The molecule has 2 N–H and O–H groups in total. The lowest BCUT2D eigenvalue weighted by Crippen LogP contribution is -2.18. The molecule has 0 radical (unpaired) electrons. The summed E-state index contributed by atoms with van der Waals surface area (Å²) in [6.07, 6.45) is 0.708. The van der Waals surface area contributed by atoms with E-state index in [9.17, 15) is 0 Å². The summed E-state index contributed by atoms with van der Waals surface area (Å²) < 4.78 is 1.95. The first kappa shape index (κ1) is 15.1. The van der Waals surface area contributed by atoms with Crippen LogP contribution in [0.25, 0.3) is 0 Å². The molecule has 0 aliphatic heterocycles. The minimum absolute atomic E-state index is 0.0601. The van der Waals surface area contributed by atoms with Gasteiger partial charge in [0.2, 0.25) is 0 Å². The van der Waals surface area contributed by atoms with Crippen LogP contribution in [0.5, 0.6) is 0 Å². The third-order valence-electron chi connectivity index (χ3n) is 3.78. The molecule has 108 valence electrons. The van der Waals surface area contributed by atoms with Crippen molar-refractivity contribution in [3.05, 3.63) is 51.3 Å². The Morgan fingerprint density at radius 2 is 1.85 bits per heavy atom.